The number of nitriles is 1. The van der Waals surface area contributed by atoms with Crippen LogP contribution in [-0.2, 0) is 6.42 Å². The van der Waals surface area contributed by atoms with E-state index in [1.54, 1.807) is 36.4 Å². The summed E-state index contributed by atoms with van der Waals surface area (Å²) < 4.78 is 5.42. The van der Waals surface area contributed by atoms with Crippen molar-refractivity contribution in [2.75, 3.05) is 6.61 Å². The number of halogens is 2. The molecule has 0 heterocycles. The molecule has 106 valence electrons. The molecule has 2 rings (SSSR count). The van der Waals surface area contributed by atoms with Crippen LogP contribution in [0.25, 0.3) is 0 Å². The van der Waals surface area contributed by atoms with Crippen LogP contribution in [0.5, 0.6) is 5.75 Å². The monoisotopic (exact) mass is 319 g/mol. The molecule has 0 spiro atoms. The third-order valence-corrected chi connectivity index (χ3v) is 3.37. The van der Waals surface area contributed by atoms with Gasteiger partial charge in [-0.15, -0.1) is 0 Å². The van der Waals surface area contributed by atoms with Crippen molar-refractivity contribution in [1.82, 2.24) is 0 Å². The van der Waals surface area contributed by atoms with Crippen LogP contribution < -0.4 is 4.74 Å². The van der Waals surface area contributed by atoms with Crippen molar-refractivity contribution in [3.8, 4) is 11.8 Å². The van der Waals surface area contributed by atoms with Crippen molar-refractivity contribution < 1.29 is 9.53 Å². The summed E-state index contributed by atoms with van der Waals surface area (Å²) in [5.74, 6) is 0.312. The van der Waals surface area contributed by atoms with Gasteiger partial charge in [0.1, 0.15) is 5.75 Å². The van der Waals surface area contributed by atoms with Crippen molar-refractivity contribution in [3.05, 3.63) is 63.6 Å². The maximum Gasteiger partial charge on any atom is 0.201 e. The van der Waals surface area contributed by atoms with Gasteiger partial charge >= 0.3 is 0 Å². The first-order valence-corrected chi connectivity index (χ1v) is 6.92. The number of ether oxygens (including phenoxy) is 1. The Hall–Kier alpha value is -2.02. The molecule has 0 aliphatic heterocycles. The minimum absolute atomic E-state index is 0.127. The molecule has 2 aromatic carbocycles. The Kier molecular flexibility index (Phi) is 5.21. The molecule has 0 amide bonds. The highest BCUT2D eigenvalue weighted by Gasteiger charge is 2.12. The van der Waals surface area contributed by atoms with E-state index in [4.69, 9.17) is 33.2 Å². The zero-order chi connectivity index (χ0) is 15.2. The lowest BCUT2D eigenvalue weighted by Crippen LogP contribution is -2.12. The molecule has 0 fully saturated rings. The van der Waals surface area contributed by atoms with E-state index >= 15 is 0 Å². The fraction of sp³-hybridized carbons (Fsp3) is 0.125. The lowest BCUT2D eigenvalue weighted by Gasteiger charge is -2.07. The van der Waals surface area contributed by atoms with E-state index in [0.717, 1.165) is 5.56 Å². The topological polar surface area (TPSA) is 50.1 Å². The van der Waals surface area contributed by atoms with Gasteiger partial charge in [0, 0.05) is 10.6 Å². The number of hydrogen-bond acceptors (Lipinski definition) is 3. The molecule has 0 unspecified atom stereocenters. The summed E-state index contributed by atoms with van der Waals surface area (Å²) in [6.45, 7) is -0.127. The minimum Gasteiger partial charge on any atom is -0.485 e. The largest absolute Gasteiger partial charge is 0.485 e. The van der Waals surface area contributed by atoms with Crippen molar-refractivity contribution in [2.24, 2.45) is 0 Å². The van der Waals surface area contributed by atoms with Gasteiger partial charge in [0.05, 0.1) is 17.5 Å². The lowest BCUT2D eigenvalue weighted by molar-refractivity contribution is 0.0921. The van der Waals surface area contributed by atoms with Gasteiger partial charge in [0.2, 0.25) is 5.78 Å². The summed E-state index contributed by atoms with van der Waals surface area (Å²) in [6, 6.07) is 13.8. The zero-order valence-corrected chi connectivity index (χ0v) is 12.5. The van der Waals surface area contributed by atoms with Crippen LogP contribution in [0.15, 0.2) is 42.5 Å². The summed E-state index contributed by atoms with van der Waals surface area (Å²) in [4.78, 5) is 12.0. The number of rotatable bonds is 5. The maximum absolute atomic E-state index is 12.0. The van der Waals surface area contributed by atoms with E-state index in [-0.39, 0.29) is 12.4 Å². The Morgan fingerprint density at radius 2 is 1.86 bits per heavy atom. The average Bonchev–Trinajstić information content (AvgIpc) is 2.49. The second-order valence-electron chi connectivity index (χ2n) is 4.31. The van der Waals surface area contributed by atoms with Gasteiger partial charge < -0.3 is 4.74 Å². The number of carbonyl (C=O) groups excluding carboxylic acids is 1. The van der Waals surface area contributed by atoms with Gasteiger partial charge in [-0.25, -0.2) is 0 Å². The molecule has 0 saturated heterocycles. The van der Waals surface area contributed by atoms with Crippen LogP contribution in [-0.4, -0.2) is 12.4 Å². The molecular weight excluding hydrogens is 309 g/mol. The summed E-state index contributed by atoms with van der Waals surface area (Å²) >= 11 is 11.8. The van der Waals surface area contributed by atoms with Crippen molar-refractivity contribution >= 4 is 29.0 Å². The Morgan fingerprint density at radius 3 is 2.52 bits per heavy atom. The van der Waals surface area contributed by atoms with E-state index < -0.39 is 0 Å². The highest BCUT2D eigenvalue weighted by molar-refractivity contribution is 6.35. The second kappa shape index (κ2) is 7.12. The van der Waals surface area contributed by atoms with Crippen LogP contribution in [0.4, 0.5) is 0 Å². The van der Waals surface area contributed by atoms with Gasteiger partial charge in [-0.3, -0.25) is 4.79 Å². The quantitative estimate of drug-likeness (QED) is 0.771. The number of benzene rings is 2. The molecule has 0 saturated carbocycles. The first kappa shape index (κ1) is 15.4. The minimum atomic E-state index is -0.247. The molecule has 5 heteroatoms. The molecule has 3 nitrogen and oxygen atoms in total. The highest BCUT2D eigenvalue weighted by atomic mass is 35.5. The van der Waals surface area contributed by atoms with Gasteiger partial charge in [-0.2, -0.15) is 5.26 Å². The summed E-state index contributed by atoms with van der Waals surface area (Å²) in [6.07, 6.45) is 0.345. The first-order valence-electron chi connectivity index (χ1n) is 6.17. The molecule has 21 heavy (non-hydrogen) atoms. The lowest BCUT2D eigenvalue weighted by atomic mass is 10.1. The third-order valence-electron chi connectivity index (χ3n) is 2.81. The fourth-order valence-electron chi connectivity index (χ4n) is 1.73. The van der Waals surface area contributed by atoms with Crippen LogP contribution in [0.3, 0.4) is 0 Å². The number of nitrogens with zero attached hydrogens (tertiary/aromatic N) is 1. The molecule has 0 aromatic heterocycles. The van der Waals surface area contributed by atoms with E-state index in [1.807, 2.05) is 0 Å². The van der Waals surface area contributed by atoms with Gasteiger partial charge in [0.25, 0.3) is 0 Å². The molecular formula is C16H11Cl2NO2. The maximum atomic E-state index is 12.0. The van der Waals surface area contributed by atoms with Crippen molar-refractivity contribution in [3.63, 3.8) is 0 Å². The standard InChI is InChI=1S/C16H11Cl2NO2/c17-12-3-6-15(18)14(9-12)16(20)10-21-13-4-1-11(2-5-13)7-8-19/h1-6,9H,7,10H2. The number of ketones is 1. The zero-order valence-electron chi connectivity index (χ0n) is 11.0. The van der Waals surface area contributed by atoms with E-state index in [0.29, 0.717) is 27.8 Å². The van der Waals surface area contributed by atoms with Crippen LogP contribution in [0.2, 0.25) is 10.0 Å². The van der Waals surface area contributed by atoms with E-state index in [2.05, 4.69) is 6.07 Å². The Labute approximate surface area is 132 Å². The normalized spacial score (nSPS) is 9.95. The Morgan fingerprint density at radius 1 is 1.14 bits per heavy atom. The SMILES string of the molecule is N#CCc1ccc(OCC(=O)c2cc(Cl)ccc2Cl)cc1. The predicted octanol–water partition coefficient (Wildman–Crippen LogP) is 4.32. The average molecular weight is 320 g/mol. The molecule has 0 atom stereocenters. The Bertz CT molecular complexity index is 690. The molecule has 0 aliphatic carbocycles. The van der Waals surface area contributed by atoms with Crippen molar-refractivity contribution in [2.45, 2.75) is 6.42 Å². The fourth-order valence-corrected chi connectivity index (χ4v) is 2.13. The number of Topliss-reactive ketones (excluding diaryl/α,β-unsaturated/α-hetero) is 1. The van der Waals surface area contributed by atoms with Gasteiger partial charge in [0.15, 0.2) is 6.61 Å². The first-order chi connectivity index (χ1) is 10.1. The third kappa shape index (κ3) is 4.22. The smallest absolute Gasteiger partial charge is 0.201 e. The number of carbonyl (C=O) groups is 1. The highest BCUT2D eigenvalue weighted by Crippen LogP contribution is 2.21. The molecule has 0 bridgehead atoms. The van der Waals surface area contributed by atoms with Crippen molar-refractivity contribution in [1.29, 1.82) is 5.26 Å². The molecule has 0 N–H and O–H groups in total. The van der Waals surface area contributed by atoms with Crippen LogP contribution >= 0.6 is 23.2 Å². The predicted molar refractivity (Wildman–Crippen MR) is 82.0 cm³/mol. The number of hydrogen-bond donors (Lipinski definition) is 0. The molecule has 0 radical (unpaired) electrons. The summed E-state index contributed by atoms with van der Waals surface area (Å²) in [5, 5.41) is 9.38. The van der Waals surface area contributed by atoms with Crippen LogP contribution in [0, 0.1) is 11.3 Å². The second-order valence-corrected chi connectivity index (χ2v) is 5.16. The molecule has 2 aromatic rings. The molecule has 0 aliphatic rings. The Balaban J connectivity index is 2.01. The van der Waals surface area contributed by atoms with Gasteiger partial charge in [-0.1, -0.05) is 35.3 Å². The van der Waals surface area contributed by atoms with E-state index in [1.165, 1.54) is 6.07 Å². The van der Waals surface area contributed by atoms with Crippen LogP contribution in [0.1, 0.15) is 15.9 Å². The van der Waals surface area contributed by atoms with Gasteiger partial charge in [-0.05, 0) is 35.9 Å². The summed E-state index contributed by atoms with van der Waals surface area (Å²) in [7, 11) is 0. The summed E-state index contributed by atoms with van der Waals surface area (Å²) in [5.41, 5.74) is 1.24. The van der Waals surface area contributed by atoms with E-state index in [9.17, 15) is 4.79 Å².